The summed E-state index contributed by atoms with van der Waals surface area (Å²) in [6.45, 7) is 1.11. The zero-order valence-electron chi connectivity index (χ0n) is 12.0. The van der Waals surface area contributed by atoms with Crippen molar-refractivity contribution < 1.29 is 32.2 Å². The fourth-order valence-electron chi connectivity index (χ4n) is 1.87. The van der Waals surface area contributed by atoms with E-state index in [0.29, 0.717) is 4.31 Å². The number of sulfonamides is 1. The molecule has 0 saturated carbocycles. The van der Waals surface area contributed by atoms with Gasteiger partial charge in [-0.05, 0) is 31.5 Å². The van der Waals surface area contributed by atoms with Crippen LogP contribution < -0.4 is 0 Å². The van der Waals surface area contributed by atoms with E-state index in [1.165, 1.54) is 26.0 Å². The molecular formula is C13H17F2NO5S. The smallest absolute Gasteiger partial charge is 0.335 e. The molecule has 1 atom stereocenters. The van der Waals surface area contributed by atoms with Gasteiger partial charge >= 0.3 is 5.97 Å². The molecule has 0 amide bonds. The van der Waals surface area contributed by atoms with E-state index in [4.69, 9.17) is 5.11 Å². The topological polar surface area (TPSA) is 94.9 Å². The number of nitrogens with zero attached hydrogens (tertiary/aromatic N) is 1. The molecule has 0 bridgehead atoms. The number of hydrogen-bond acceptors (Lipinski definition) is 4. The Hall–Kier alpha value is -1.58. The fourth-order valence-corrected chi connectivity index (χ4v) is 3.62. The number of carbonyl (C=O) groups is 1. The van der Waals surface area contributed by atoms with Gasteiger partial charge in [0, 0.05) is 6.54 Å². The highest BCUT2D eigenvalue weighted by Gasteiger charge is 2.30. The van der Waals surface area contributed by atoms with Crippen LogP contribution in [0.2, 0.25) is 0 Å². The lowest BCUT2D eigenvalue weighted by Crippen LogP contribution is -2.40. The standard InChI is InChI=1S/C13H17F2NO5S/c1-8-3-4-10(13(18)19)5-11(8)22(20,21)16(6-9(2)17)7-12(14)15/h3-5,9,12,17H,6-7H2,1-2H3,(H,18,19). The lowest BCUT2D eigenvalue weighted by molar-refractivity contribution is 0.0696. The molecule has 0 aromatic heterocycles. The Balaban J connectivity index is 3.35. The second kappa shape index (κ2) is 7.12. The number of carboxylic acid groups (broad SMARTS) is 1. The maximum absolute atomic E-state index is 12.6. The lowest BCUT2D eigenvalue weighted by Gasteiger charge is -2.24. The Morgan fingerprint density at radius 1 is 1.32 bits per heavy atom. The summed E-state index contributed by atoms with van der Waals surface area (Å²) in [6, 6.07) is 3.44. The Morgan fingerprint density at radius 3 is 2.36 bits per heavy atom. The van der Waals surface area contributed by atoms with Crippen LogP contribution in [-0.2, 0) is 10.0 Å². The number of aromatic carboxylic acids is 1. The zero-order valence-corrected chi connectivity index (χ0v) is 12.8. The molecule has 0 aliphatic heterocycles. The average molecular weight is 337 g/mol. The highest BCUT2D eigenvalue weighted by atomic mass is 32.2. The van der Waals surface area contributed by atoms with Crippen molar-refractivity contribution in [3.8, 4) is 0 Å². The second-order valence-corrected chi connectivity index (χ2v) is 6.75. The van der Waals surface area contributed by atoms with Crippen LogP contribution in [0.15, 0.2) is 23.1 Å². The summed E-state index contributed by atoms with van der Waals surface area (Å²) in [5.41, 5.74) is -0.0342. The zero-order chi connectivity index (χ0) is 17.1. The summed E-state index contributed by atoms with van der Waals surface area (Å²) in [5, 5.41) is 18.2. The molecule has 9 heteroatoms. The van der Waals surface area contributed by atoms with Gasteiger partial charge in [0.2, 0.25) is 10.0 Å². The number of carboxylic acids is 1. The fraction of sp³-hybridized carbons (Fsp3) is 0.462. The van der Waals surface area contributed by atoms with Gasteiger partial charge in [-0.3, -0.25) is 0 Å². The molecular weight excluding hydrogens is 320 g/mol. The van der Waals surface area contributed by atoms with Crippen molar-refractivity contribution in [1.82, 2.24) is 4.31 Å². The number of rotatable bonds is 7. The predicted molar refractivity (Wildman–Crippen MR) is 74.6 cm³/mol. The molecule has 0 radical (unpaired) electrons. The normalized spacial score (nSPS) is 13.6. The first-order valence-corrected chi connectivity index (χ1v) is 7.80. The van der Waals surface area contributed by atoms with Gasteiger partial charge in [0.25, 0.3) is 6.43 Å². The molecule has 1 rings (SSSR count). The van der Waals surface area contributed by atoms with Gasteiger partial charge in [-0.1, -0.05) is 6.07 Å². The van der Waals surface area contributed by atoms with Crippen LogP contribution in [0, 0.1) is 6.92 Å². The van der Waals surface area contributed by atoms with Gasteiger partial charge < -0.3 is 10.2 Å². The molecule has 0 aliphatic rings. The highest BCUT2D eigenvalue weighted by molar-refractivity contribution is 7.89. The number of alkyl halides is 2. The van der Waals surface area contributed by atoms with E-state index in [1.807, 2.05) is 0 Å². The van der Waals surface area contributed by atoms with Crippen molar-refractivity contribution in [2.24, 2.45) is 0 Å². The van der Waals surface area contributed by atoms with Crippen LogP contribution in [0.1, 0.15) is 22.8 Å². The molecule has 22 heavy (non-hydrogen) atoms. The Morgan fingerprint density at radius 2 is 1.91 bits per heavy atom. The SMILES string of the molecule is Cc1ccc(C(=O)O)cc1S(=O)(=O)N(CC(C)O)CC(F)F. The Bertz CT molecular complexity index is 636. The van der Waals surface area contributed by atoms with Crippen molar-refractivity contribution >= 4 is 16.0 Å². The van der Waals surface area contributed by atoms with Gasteiger partial charge in [-0.2, -0.15) is 4.31 Å². The maximum atomic E-state index is 12.6. The van der Waals surface area contributed by atoms with Gasteiger partial charge in [0.1, 0.15) is 0 Å². The van der Waals surface area contributed by atoms with Crippen molar-refractivity contribution in [1.29, 1.82) is 0 Å². The quantitative estimate of drug-likeness (QED) is 0.783. The largest absolute Gasteiger partial charge is 0.478 e. The molecule has 0 saturated heterocycles. The van der Waals surface area contributed by atoms with Crippen LogP contribution in [0.25, 0.3) is 0 Å². The minimum Gasteiger partial charge on any atom is -0.478 e. The Kier molecular flexibility index (Phi) is 5.98. The lowest BCUT2D eigenvalue weighted by atomic mass is 10.1. The number of aliphatic hydroxyl groups is 1. The Labute approximate surface area is 127 Å². The average Bonchev–Trinajstić information content (AvgIpc) is 2.36. The monoisotopic (exact) mass is 337 g/mol. The van der Waals surface area contributed by atoms with E-state index in [0.717, 1.165) is 6.07 Å². The molecule has 1 aromatic rings. The molecule has 1 aromatic carbocycles. The first kappa shape index (κ1) is 18.5. The highest BCUT2D eigenvalue weighted by Crippen LogP contribution is 2.22. The predicted octanol–water partition coefficient (Wildman–Crippen LogP) is 1.33. The summed E-state index contributed by atoms with van der Waals surface area (Å²) in [7, 11) is -4.35. The van der Waals surface area contributed by atoms with E-state index < -0.39 is 41.6 Å². The molecule has 0 aliphatic carbocycles. The summed E-state index contributed by atoms with van der Waals surface area (Å²) < 4.78 is 50.6. The van der Waals surface area contributed by atoms with E-state index in [1.54, 1.807) is 0 Å². The molecule has 1 unspecified atom stereocenters. The molecule has 6 nitrogen and oxygen atoms in total. The maximum Gasteiger partial charge on any atom is 0.335 e. The number of halogens is 2. The first-order chi connectivity index (χ1) is 10.1. The third kappa shape index (κ3) is 4.46. The molecule has 2 N–H and O–H groups in total. The first-order valence-electron chi connectivity index (χ1n) is 6.36. The minimum absolute atomic E-state index is 0.231. The number of aliphatic hydroxyl groups excluding tert-OH is 1. The van der Waals surface area contributed by atoms with E-state index >= 15 is 0 Å². The summed E-state index contributed by atoms with van der Waals surface area (Å²) in [4.78, 5) is 10.6. The number of hydrogen-bond donors (Lipinski definition) is 2. The van der Waals surface area contributed by atoms with E-state index in [9.17, 15) is 27.1 Å². The molecule has 124 valence electrons. The van der Waals surface area contributed by atoms with E-state index in [2.05, 4.69) is 0 Å². The molecule has 0 fully saturated rings. The van der Waals surface area contributed by atoms with Crippen LogP contribution in [-0.4, -0.2) is 54.5 Å². The summed E-state index contributed by atoms with van der Waals surface area (Å²) in [5.74, 6) is -1.33. The minimum atomic E-state index is -4.35. The third-order valence-electron chi connectivity index (χ3n) is 2.86. The van der Waals surface area contributed by atoms with Gasteiger partial charge in [-0.25, -0.2) is 22.0 Å². The summed E-state index contributed by atoms with van der Waals surface area (Å²) in [6.07, 6.45) is -4.06. The van der Waals surface area contributed by atoms with Crippen molar-refractivity contribution in [2.45, 2.75) is 31.3 Å². The van der Waals surface area contributed by atoms with Crippen molar-refractivity contribution in [3.05, 3.63) is 29.3 Å². The number of benzene rings is 1. The van der Waals surface area contributed by atoms with Gasteiger partial charge in [0.15, 0.2) is 0 Å². The number of aryl methyl sites for hydroxylation is 1. The molecule has 0 heterocycles. The molecule has 0 spiro atoms. The van der Waals surface area contributed by atoms with Gasteiger partial charge in [-0.15, -0.1) is 0 Å². The van der Waals surface area contributed by atoms with Crippen molar-refractivity contribution in [3.63, 3.8) is 0 Å². The van der Waals surface area contributed by atoms with Crippen LogP contribution in [0.3, 0.4) is 0 Å². The van der Waals surface area contributed by atoms with Crippen LogP contribution >= 0.6 is 0 Å². The van der Waals surface area contributed by atoms with E-state index in [-0.39, 0.29) is 16.0 Å². The van der Waals surface area contributed by atoms with Gasteiger partial charge in [0.05, 0.1) is 23.1 Å². The summed E-state index contributed by atoms with van der Waals surface area (Å²) >= 11 is 0. The van der Waals surface area contributed by atoms with Crippen LogP contribution in [0.4, 0.5) is 8.78 Å². The van der Waals surface area contributed by atoms with Crippen LogP contribution in [0.5, 0.6) is 0 Å². The van der Waals surface area contributed by atoms with Crippen molar-refractivity contribution in [2.75, 3.05) is 13.1 Å². The second-order valence-electron chi connectivity index (χ2n) is 4.85. The third-order valence-corrected chi connectivity index (χ3v) is 4.84.